The van der Waals surface area contributed by atoms with Crippen LogP contribution in [0.5, 0.6) is 5.75 Å². The number of aryl methyl sites for hydroxylation is 2. The zero-order valence-corrected chi connectivity index (χ0v) is 20.2. The number of aromatic nitrogens is 1. The predicted molar refractivity (Wildman–Crippen MR) is 128 cm³/mol. The van der Waals surface area contributed by atoms with E-state index in [0.717, 1.165) is 40.6 Å². The van der Waals surface area contributed by atoms with Gasteiger partial charge in [-0.15, -0.1) is 0 Å². The number of carbonyl (C=O) groups excluding carboxylic acids is 1. The van der Waals surface area contributed by atoms with Crippen LogP contribution in [0, 0.1) is 24.2 Å². The number of ether oxygens (including phenoxy) is 1. The van der Waals surface area contributed by atoms with Crippen LogP contribution in [-0.4, -0.2) is 14.5 Å². The summed E-state index contributed by atoms with van der Waals surface area (Å²) < 4.78 is 8.30. The fourth-order valence-corrected chi connectivity index (χ4v) is 4.99. The first-order valence-corrected chi connectivity index (χ1v) is 11.4. The van der Waals surface area contributed by atoms with E-state index in [2.05, 4.69) is 16.7 Å². The summed E-state index contributed by atoms with van der Waals surface area (Å²) in [5, 5.41) is 11.5. The van der Waals surface area contributed by atoms with Crippen molar-refractivity contribution in [2.45, 2.75) is 32.3 Å². The summed E-state index contributed by atoms with van der Waals surface area (Å²) in [5.74, 6) is 0.681. The zero-order chi connectivity index (χ0) is 21.6. The van der Waals surface area contributed by atoms with Crippen LogP contribution in [0.3, 0.4) is 0 Å². The molecule has 0 amide bonds. The number of fused-ring (bicyclic) bond motifs is 1. The maximum atomic E-state index is 11.4. The van der Waals surface area contributed by atoms with E-state index in [4.69, 9.17) is 27.9 Å². The lowest BCUT2D eigenvalue weighted by molar-refractivity contribution is -0.117. The number of rotatable bonds is 5. The van der Waals surface area contributed by atoms with Gasteiger partial charge in [-0.1, -0.05) is 23.2 Å². The van der Waals surface area contributed by atoms with E-state index in [9.17, 15) is 10.1 Å². The molecule has 0 spiro atoms. The quantitative estimate of drug-likeness (QED) is 0.273. The van der Waals surface area contributed by atoms with Crippen LogP contribution in [0.1, 0.15) is 35.2 Å². The second-order valence-corrected chi connectivity index (χ2v) is 9.61. The first-order chi connectivity index (χ1) is 14.3. The Morgan fingerprint density at radius 3 is 2.70 bits per heavy atom. The molecule has 0 radical (unpaired) electrons. The minimum Gasteiger partial charge on any atom is -0.489 e. The summed E-state index contributed by atoms with van der Waals surface area (Å²) in [5.41, 5.74) is 4.56. The summed E-state index contributed by atoms with van der Waals surface area (Å²) in [7, 11) is 1.98. The predicted octanol–water partition coefficient (Wildman–Crippen LogP) is 6.38. The highest BCUT2D eigenvalue weighted by Gasteiger charge is 2.35. The molecule has 0 unspecified atom stereocenters. The van der Waals surface area contributed by atoms with Crippen molar-refractivity contribution >= 4 is 60.5 Å². The zero-order valence-electron chi connectivity index (χ0n) is 16.5. The summed E-state index contributed by atoms with van der Waals surface area (Å²) >= 11 is 15.0. The van der Waals surface area contributed by atoms with Crippen LogP contribution >= 0.6 is 45.8 Å². The maximum absolute atomic E-state index is 11.4. The largest absolute Gasteiger partial charge is 0.489 e. The molecule has 1 fully saturated rings. The highest BCUT2D eigenvalue weighted by atomic mass is 127. The third-order valence-electron chi connectivity index (χ3n) is 5.82. The molecule has 2 aromatic carbocycles. The monoisotopic (exact) mass is 552 g/mol. The van der Waals surface area contributed by atoms with Crippen molar-refractivity contribution in [2.24, 2.45) is 13.0 Å². The Morgan fingerprint density at radius 1 is 1.30 bits per heavy atom. The van der Waals surface area contributed by atoms with E-state index < -0.39 is 0 Å². The highest BCUT2D eigenvalue weighted by Crippen LogP contribution is 2.40. The molecule has 1 aromatic heterocycles. The van der Waals surface area contributed by atoms with Crippen molar-refractivity contribution < 1.29 is 9.53 Å². The van der Waals surface area contributed by atoms with Crippen LogP contribution in [0.25, 0.3) is 10.9 Å². The number of hydrogen-bond acceptors (Lipinski definition) is 3. The van der Waals surface area contributed by atoms with E-state index in [0.29, 0.717) is 27.8 Å². The number of hydrogen-bond donors (Lipinski definition) is 0. The Labute approximate surface area is 198 Å². The van der Waals surface area contributed by atoms with Gasteiger partial charge in [0.15, 0.2) is 3.79 Å². The maximum Gasteiger partial charge on any atom is 0.195 e. The first kappa shape index (κ1) is 21.5. The Kier molecular flexibility index (Phi) is 6.02. The minimum atomic E-state index is 0.00455. The smallest absolute Gasteiger partial charge is 0.195 e. The van der Waals surface area contributed by atoms with E-state index in [1.807, 2.05) is 48.7 Å². The molecule has 1 heterocycles. The number of nitrogens with zero attached hydrogens (tertiary/aromatic N) is 2. The summed E-state index contributed by atoms with van der Waals surface area (Å²) in [6.07, 6.45) is 1.99. The van der Waals surface area contributed by atoms with Gasteiger partial charge in [0.05, 0.1) is 16.7 Å². The van der Waals surface area contributed by atoms with Crippen LogP contribution < -0.4 is 4.74 Å². The molecular weight excluding hydrogens is 534 g/mol. The molecular formula is C23H19Cl2IN2O2. The molecule has 30 heavy (non-hydrogen) atoms. The third-order valence-corrected chi connectivity index (χ3v) is 7.46. The molecule has 1 saturated carbocycles. The van der Waals surface area contributed by atoms with E-state index in [1.54, 1.807) is 12.1 Å². The summed E-state index contributed by atoms with van der Waals surface area (Å²) in [4.78, 5) is 11.4. The molecule has 1 aliphatic carbocycles. The average Bonchev–Trinajstić information content (AvgIpc) is 2.99. The highest BCUT2D eigenvalue weighted by molar-refractivity contribution is 14.1. The molecule has 7 heteroatoms. The molecule has 0 aliphatic heterocycles. The van der Waals surface area contributed by atoms with Gasteiger partial charge in [0.1, 0.15) is 11.9 Å². The number of halogens is 3. The fourth-order valence-electron chi connectivity index (χ4n) is 3.93. The molecule has 154 valence electrons. The van der Waals surface area contributed by atoms with Crippen LogP contribution in [-0.2, 0) is 18.3 Å². The van der Waals surface area contributed by atoms with E-state index in [-0.39, 0.29) is 15.8 Å². The van der Waals surface area contributed by atoms with Crippen molar-refractivity contribution in [1.29, 1.82) is 5.26 Å². The van der Waals surface area contributed by atoms with Gasteiger partial charge in [0.2, 0.25) is 0 Å². The van der Waals surface area contributed by atoms with Crippen molar-refractivity contribution in [3.05, 3.63) is 62.8 Å². The lowest BCUT2D eigenvalue weighted by atomic mass is 9.83. The Balaban J connectivity index is 1.64. The fraction of sp³-hybridized carbons (Fsp3) is 0.304. The number of carbonyl (C=O) groups is 1. The Bertz CT molecular complexity index is 1210. The third kappa shape index (κ3) is 3.93. The molecule has 0 saturated heterocycles. The van der Waals surface area contributed by atoms with Gasteiger partial charge < -0.3 is 9.30 Å². The molecule has 0 atom stereocenters. The number of nitriles is 1. The lowest BCUT2D eigenvalue weighted by Crippen LogP contribution is -2.36. The first-order valence-electron chi connectivity index (χ1n) is 9.60. The summed E-state index contributed by atoms with van der Waals surface area (Å²) in [6, 6.07) is 11.7. The van der Waals surface area contributed by atoms with Crippen LogP contribution in [0.2, 0.25) is 10.0 Å². The molecule has 0 N–H and O–H groups in total. The van der Waals surface area contributed by atoms with Gasteiger partial charge in [0.25, 0.3) is 0 Å². The van der Waals surface area contributed by atoms with Gasteiger partial charge in [0, 0.05) is 41.0 Å². The van der Waals surface area contributed by atoms with Gasteiger partial charge in [-0.3, -0.25) is 4.79 Å². The molecule has 3 aromatic rings. The second kappa shape index (κ2) is 8.41. The number of benzene rings is 2. The molecule has 1 aliphatic rings. The second-order valence-electron chi connectivity index (χ2n) is 7.76. The van der Waals surface area contributed by atoms with Gasteiger partial charge in [-0.2, -0.15) is 5.26 Å². The van der Waals surface area contributed by atoms with Crippen molar-refractivity contribution in [3.8, 4) is 11.8 Å². The van der Waals surface area contributed by atoms with Crippen molar-refractivity contribution in [2.75, 3.05) is 0 Å². The van der Waals surface area contributed by atoms with E-state index >= 15 is 0 Å². The van der Waals surface area contributed by atoms with Gasteiger partial charge >= 0.3 is 0 Å². The molecule has 4 rings (SSSR count). The van der Waals surface area contributed by atoms with Crippen LogP contribution in [0.15, 0.2) is 30.3 Å². The summed E-state index contributed by atoms with van der Waals surface area (Å²) in [6.45, 7) is 2.01. The normalized spacial score (nSPS) is 18.1. The Morgan fingerprint density at radius 2 is 2.03 bits per heavy atom. The van der Waals surface area contributed by atoms with E-state index in [1.165, 1.54) is 0 Å². The minimum absolute atomic E-state index is 0.00455. The van der Waals surface area contributed by atoms with Crippen molar-refractivity contribution in [3.63, 3.8) is 0 Å². The molecule has 4 nitrogen and oxygen atoms in total. The van der Waals surface area contributed by atoms with Crippen molar-refractivity contribution in [1.82, 2.24) is 4.57 Å². The van der Waals surface area contributed by atoms with Crippen LogP contribution in [0.4, 0.5) is 0 Å². The topological polar surface area (TPSA) is 55.0 Å². The SMILES string of the molecule is Cc1cc(C#N)cc2c1cc(Cc1c(Cl)ccc(O[C@H]3C[C@H](C(=O)I)C3)c1Cl)n2C. The lowest BCUT2D eigenvalue weighted by Gasteiger charge is -2.33. The molecule has 0 bridgehead atoms. The van der Waals surface area contributed by atoms with Gasteiger partial charge in [-0.25, -0.2) is 0 Å². The Hall–Kier alpha value is -1.75. The van der Waals surface area contributed by atoms with Gasteiger partial charge in [-0.05, 0) is 83.8 Å². The average molecular weight is 553 g/mol. The standard InChI is InChI=1S/C23H19Cl2IN2O2/c1-12-5-13(11-27)6-20-17(12)9-15(28(20)2)10-18-19(24)3-4-21(22(18)25)30-16-7-14(8-16)23(26)29/h3-6,9,14,16H,7-8,10H2,1-2H3/t14-,16-.